The lowest BCUT2D eigenvalue weighted by molar-refractivity contribution is -0.732. The Morgan fingerprint density at radius 1 is 1.44 bits per heavy atom. The minimum absolute atomic E-state index is 0.0898. The van der Waals surface area contributed by atoms with E-state index in [1.165, 1.54) is 0 Å². The minimum Gasteiger partial charge on any atom is -0.294 e. The molecule has 0 unspecified atom stereocenters. The van der Waals surface area contributed by atoms with Crippen LogP contribution in [0.4, 0.5) is 0 Å². The first-order chi connectivity index (χ1) is 7.30. The number of nitrogens with zero attached hydrogens (tertiary/aromatic N) is 3. The van der Waals surface area contributed by atoms with E-state index in [2.05, 4.69) is 30.7 Å². The number of hydrogen-bond donors (Lipinski definition) is 1. The van der Waals surface area contributed by atoms with Gasteiger partial charge in [-0.1, -0.05) is 4.98 Å². The van der Waals surface area contributed by atoms with Crippen molar-refractivity contribution in [3.05, 3.63) is 22.5 Å². The second-order valence-electron chi connectivity index (χ2n) is 5.09. The van der Waals surface area contributed by atoms with Crippen LogP contribution < -0.4 is 10.1 Å². The summed E-state index contributed by atoms with van der Waals surface area (Å²) in [5.41, 5.74) is 1.16. The predicted molar refractivity (Wildman–Crippen MR) is 61.3 cm³/mol. The highest BCUT2D eigenvalue weighted by Gasteiger charge is 2.26. The van der Waals surface area contributed by atoms with Crippen molar-refractivity contribution in [3.8, 4) is 0 Å². The number of rotatable bonds is 0. The second kappa shape index (κ2) is 3.17. The molecule has 0 aliphatic carbocycles. The lowest BCUT2D eigenvalue weighted by Crippen LogP contribution is -2.49. The third-order valence-corrected chi connectivity index (χ3v) is 2.59. The molecule has 2 heterocycles. The molecule has 0 spiro atoms. The number of imidazole rings is 1. The molecule has 5 nitrogen and oxygen atoms in total. The van der Waals surface area contributed by atoms with Crippen molar-refractivity contribution < 1.29 is 4.57 Å². The van der Waals surface area contributed by atoms with Gasteiger partial charge in [0, 0.05) is 6.92 Å². The van der Waals surface area contributed by atoms with Crippen molar-refractivity contribution in [1.29, 1.82) is 0 Å². The molecule has 86 valence electrons. The normalized spacial score (nSPS) is 12.3. The molecular formula is C11H17N4O+. The van der Waals surface area contributed by atoms with Crippen LogP contribution in [0.1, 0.15) is 26.6 Å². The molecule has 1 N–H and O–H groups in total. The van der Waals surface area contributed by atoms with Gasteiger partial charge in [0.15, 0.2) is 12.2 Å². The van der Waals surface area contributed by atoms with Gasteiger partial charge in [0.05, 0.1) is 12.6 Å². The Hall–Kier alpha value is -1.65. The Labute approximate surface area is 93.8 Å². The maximum Gasteiger partial charge on any atom is 0.309 e. The van der Waals surface area contributed by atoms with E-state index < -0.39 is 0 Å². The molecule has 0 aromatic carbocycles. The van der Waals surface area contributed by atoms with E-state index in [0.29, 0.717) is 11.3 Å². The van der Waals surface area contributed by atoms with E-state index in [4.69, 9.17) is 0 Å². The lowest BCUT2D eigenvalue weighted by atomic mass is 10.1. The van der Waals surface area contributed by atoms with Gasteiger partial charge < -0.3 is 0 Å². The van der Waals surface area contributed by atoms with E-state index >= 15 is 0 Å². The molecule has 2 rings (SSSR count). The van der Waals surface area contributed by atoms with Crippen molar-refractivity contribution in [2.24, 2.45) is 7.05 Å². The molecule has 16 heavy (non-hydrogen) atoms. The Balaban J connectivity index is 2.95. The van der Waals surface area contributed by atoms with Gasteiger partial charge in [-0.3, -0.25) is 14.3 Å². The van der Waals surface area contributed by atoms with Crippen LogP contribution in [0.5, 0.6) is 0 Å². The summed E-state index contributed by atoms with van der Waals surface area (Å²) in [4.78, 5) is 19.0. The zero-order chi connectivity index (χ0) is 12.1. The van der Waals surface area contributed by atoms with Crippen LogP contribution in [0.25, 0.3) is 11.2 Å². The van der Waals surface area contributed by atoms with E-state index in [-0.39, 0.29) is 11.1 Å². The van der Waals surface area contributed by atoms with Crippen molar-refractivity contribution in [3.63, 3.8) is 0 Å². The number of nitrogens with one attached hydrogen (secondary N) is 1. The van der Waals surface area contributed by atoms with E-state index in [0.717, 1.165) is 5.65 Å². The maximum atomic E-state index is 11.8. The fraction of sp³-hybridized carbons (Fsp3) is 0.545. The molecule has 5 heteroatoms. The van der Waals surface area contributed by atoms with Gasteiger partial charge in [0.25, 0.3) is 5.56 Å². The Kier molecular flexibility index (Phi) is 2.15. The summed E-state index contributed by atoms with van der Waals surface area (Å²) in [5, 5.41) is 0. The summed E-state index contributed by atoms with van der Waals surface area (Å²) in [6, 6.07) is 0. The summed E-state index contributed by atoms with van der Waals surface area (Å²) in [6.07, 6.45) is 1.91. The predicted octanol–water partition coefficient (Wildman–Crippen LogP) is 0.613. The van der Waals surface area contributed by atoms with Crippen LogP contribution in [0.2, 0.25) is 0 Å². The van der Waals surface area contributed by atoms with Gasteiger partial charge >= 0.3 is 5.65 Å². The third kappa shape index (κ3) is 1.52. The van der Waals surface area contributed by atoms with Crippen molar-refractivity contribution >= 4 is 11.2 Å². The maximum absolute atomic E-state index is 11.8. The molecule has 0 amide bonds. The number of H-pyrrole nitrogens is 1. The van der Waals surface area contributed by atoms with Gasteiger partial charge in [-0.05, 0) is 20.8 Å². The fourth-order valence-electron chi connectivity index (χ4n) is 1.83. The quantitative estimate of drug-likeness (QED) is 0.663. The average Bonchev–Trinajstić information content (AvgIpc) is 2.41. The zero-order valence-electron chi connectivity index (χ0n) is 10.3. The largest absolute Gasteiger partial charge is 0.309 e. The summed E-state index contributed by atoms with van der Waals surface area (Å²) in [5.74, 6) is 0.640. The first-order valence-electron chi connectivity index (χ1n) is 5.29. The SMILES string of the molecule is Cc1nc2c(c(=O)[nH]1)n(C)c[n+]2C(C)(C)C. The molecule has 0 bridgehead atoms. The summed E-state index contributed by atoms with van der Waals surface area (Å²) in [7, 11) is 1.86. The first kappa shape index (κ1) is 10.9. The molecular weight excluding hydrogens is 204 g/mol. The van der Waals surface area contributed by atoms with Crippen molar-refractivity contribution in [2.45, 2.75) is 33.2 Å². The van der Waals surface area contributed by atoms with Crippen LogP contribution in [-0.2, 0) is 12.6 Å². The highest BCUT2D eigenvalue weighted by atomic mass is 16.1. The molecule has 0 atom stereocenters. The highest BCUT2D eigenvalue weighted by Crippen LogP contribution is 2.10. The van der Waals surface area contributed by atoms with Gasteiger partial charge in [0.2, 0.25) is 5.52 Å². The summed E-state index contributed by atoms with van der Waals surface area (Å²) >= 11 is 0. The number of aryl methyl sites for hydroxylation is 2. The Bertz CT molecular complexity index is 601. The van der Waals surface area contributed by atoms with Crippen molar-refractivity contribution in [2.75, 3.05) is 0 Å². The van der Waals surface area contributed by atoms with E-state index in [1.54, 1.807) is 6.92 Å². The second-order valence-corrected chi connectivity index (χ2v) is 5.09. The smallest absolute Gasteiger partial charge is 0.294 e. The lowest BCUT2D eigenvalue weighted by Gasteiger charge is -2.15. The highest BCUT2D eigenvalue weighted by molar-refractivity contribution is 5.65. The number of aromatic nitrogens is 4. The van der Waals surface area contributed by atoms with E-state index in [9.17, 15) is 4.79 Å². The molecule has 0 fully saturated rings. The van der Waals surface area contributed by atoms with Crippen LogP contribution in [-0.4, -0.2) is 14.5 Å². The fourth-order valence-corrected chi connectivity index (χ4v) is 1.83. The number of hydrogen-bond acceptors (Lipinski definition) is 2. The molecule has 0 saturated carbocycles. The Morgan fingerprint density at radius 3 is 2.62 bits per heavy atom. The van der Waals surface area contributed by atoms with Gasteiger partial charge in [-0.2, -0.15) is 0 Å². The summed E-state index contributed by atoms with van der Waals surface area (Å²) in [6.45, 7) is 8.06. The minimum atomic E-state index is -0.0905. The number of aromatic amines is 1. The standard InChI is InChI=1S/C11H16N4O/c1-7-12-9-8(10(16)13-7)14(5)6-15(9)11(2,3)4/h6H,1-5H3/p+1. The molecule has 0 saturated heterocycles. The number of fused-ring (bicyclic) bond motifs is 1. The topological polar surface area (TPSA) is 54.6 Å². The van der Waals surface area contributed by atoms with E-state index in [1.807, 2.05) is 22.5 Å². The monoisotopic (exact) mass is 221 g/mol. The third-order valence-electron chi connectivity index (χ3n) is 2.59. The van der Waals surface area contributed by atoms with Gasteiger partial charge in [-0.25, -0.2) is 4.57 Å². The first-order valence-corrected chi connectivity index (χ1v) is 5.29. The molecule has 0 aliphatic rings. The molecule has 0 radical (unpaired) electrons. The van der Waals surface area contributed by atoms with Crippen LogP contribution in [0.15, 0.2) is 11.1 Å². The molecule has 0 aliphatic heterocycles. The van der Waals surface area contributed by atoms with Gasteiger partial charge in [-0.15, -0.1) is 0 Å². The average molecular weight is 221 g/mol. The van der Waals surface area contributed by atoms with Crippen LogP contribution >= 0.6 is 0 Å². The molecule has 2 aromatic heterocycles. The zero-order valence-corrected chi connectivity index (χ0v) is 10.3. The van der Waals surface area contributed by atoms with Gasteiger partial charge in [0.1, 0.15) is 0 Å². The molecule has 2 aromatic rings. The summed E-state index contributed by atoms with van der Waals surface area (Å²) < 4.78 is 3.83. The Morgan fingerprint density at radius 2 is 2.06 bits per heavy atom. The van der Waals surface area contributed by atoms with Crippen LogP contribution in [0, 0.1) is 6.92 Å². The van der Waals surface area contributed by atoms with Crippen LogP contribution in [0.3, 0.4) is 0 Å². The van der Waals surface area contributed by atoms with Crippen molar-refractivity contribution in [1.82, 2.24) is 14.5 Å².